The van der Waals surface area contributed by atoms with Crippen LogP contribution in [0.4, 0.5) is 0 Å². The Labute approximate surface area is 124 Å². The topological polar surface area (TPSA) is 9.23 Å². The minimum Gasteiger partial charge on any atom is -0.497 e. The van der Waals surface area contributed by atoms with Gasteiger partial charge in [0.25, 0.3) is 0 Å². The van der Waals surface area contributed by atoms with E-state index >= 15 is 0 Å². The highest BCUT2D eigenvalue weighted by atomic mass is 79.9. The van der Waals surface area contributed by atoms with E-state index in [2.05, 4.69) is 68.3 Å². The van der Waals surface area contributed by atoms with Gasteiger partial charge in [-0.25, -0.2) is 0 Å². The van der Waals surface area contributed by atoms with Crippen molar-refractivity contribution in [3.63, 3.8) is 0 Å². The fourth-order valence-corrected chi connectivity index (χ4v) is 2.70. The number of hydrogen-bond acceptors (Lipinski definition) is 1. The van der Waals surface area contributed by atoms with Gasteiger partial charge in [0.2, 0.25) is 0 Å². The third-order valence-corrected chi connectivity index (χ3v) is 4.19. The van der Waals surface area contributed by atoms with Gasteiger partial charge < -0.3 is 4.74 Å². The molecule has 94 valence electrons. The molecule has 1 nitrogen and oxygen atoms in total. The number of rotatable bonds is 4. The first kappa shape index (κ1) is 13.6. The summed E-state index contributed by atoms with van der Waals surface area (Å²) in [5, 5.41) is 0. The van der Waals surface area contributed by atoms with Crippen LogP contribution in [0.1, 0.15) is 16.0 Å². The Kier molecular flexibility index (Phi) is 4.84. The van der Waals surface area contributed by atoms with Gasteiger partial charge >= 0.3 is 0 Å². The molecule has 0 aliphatic heterocycles. The molecule has 0 spiro atoms. The number of halogens is 2. The van der Waals surface area contributed by atoms with E-state index in [0.717, 1.165) is 16.6 Å². The monoisotopic (exact) mass is 368 g/mol. The van der Waals surface area contributed by atoms with Crippen LogP contribution in [-0.2, 0) is 6.42 Å². The third kappa shape index (κ3) is 3.59. The molecule has 2 rings (SSSR count). The standard InChI is InChI=1S/C15H14Br2O/c1-18-14-8-2-11(3-9-14)10-15(17)12-4-6-13(16)7-5-12/h2-9,15H,10H2,1H3. The van der Waals surface area contributed by atoms with Gasteiger partial charge in [-0.05, 0) is 41.8 Å². The number of methoxy groups -OCH3 is 1. The van der Waals surface area contributed by atoms with E-state index in [1.54, 1.807) is 7.11 Å². The largest absolute Gasteiger partial charge is 0.497 e. The lowest BCUT2D eigenvalue weighted by Crippen LogP contribution is -1.95. The van der Waals surface area contributed by atoms with Gasteiger partial charge in [-0.15, -0.1) is 0 Å². The second-order valence-electron chi connectivity index (χ2n) is 4.07. The summed E-state index contributed by atoms with van der Waals surface area (Å²) in [7, 11) is 1.68. The van der Waals surface area contributed by atoms with Gasteiger partial charge in [0.05, 0.1) is 7.11 Å². The Balaban J connectivity index is 2.05. The highest BCUT2D eigenvalue weighted by molar-refractivity contribution is 9.10. The molecule has 1 atom stereocenters. The van der Waals surface area contributed by atoms with Crippen molar-refractivity contribution < 1.29 is 4.74 Å². The molecule has 0 heterocycles. The predicted octanol–water partition coefficient (Wildman–Crippen LogP) is 5.14. The third-order valence-electron chi connectivity index (χ3n) is 2.81. The van der Waals surface area contributed by atoms with Crippen LogP contribution in [-0.4, -0.2) is 7.11 Å². The summed E-state index contributed by atoms with van der Waals surface area (Å²) in [6, 6.07) is 16.6. The molecule has 0 saturated heterocycles. The Morgan fingerprint density at radius 2 is 1.61 bits per heavy atom. The van der Waals surface area contributed by atoms with Crippen molar-refractivity contribution in [1.82, 2.24) is 0 Å². The molecule has 0 aromatic heterocycles. The Hall–Kier alpha value is -0.800. The second-order valence-corrected chi connectivity index (χ2v) is 6.09. The van der Waals surface area contributed by atoms with Crippen LogP contribution in [0.5, 0.6) is 5.75 Å². The van der Waals surface area contributed by atoms with Crippen LogP contribution < -0.4 is 4.74 Å². The SMILES string of the molecule is COc1ccc(CC(Br)c2ccc(Br)cc2)cc1. The van der Waals surface area contributed by atoms with Crippen LogP contribution in [0.3, 0.4) is 0 Å². The number of ether oxygens (including phenoxy) is 1. The van der Waals surface area contributed by atoms with Gasteiger partial charge in [-0.1, -0.05) is 56.1 Å². The molecule has 0 aliphatic carbocycles. The summed E-state index contributed by atoms with van der Waals surface area (Å²) in [5.74, 6) is 0.897. The molecule has 0 radical (unpaired) electrons. The van der Waals surface area contributed by atoms with Crippen LogP contribution in [0, 0.1) is 0 Å². The maximum absolute atomic E-state index is 5.16. The van der Waals surface area contributed by atoms with Crippen molar-refractivity contribution in [1.29, 1.82) is 0 Å². The molecule has 2 aromatic rings. The van der Waals surface area contributed by atoms with Crippen LogP contribution in [0.25, 0.3) is 0 Å². The van der Waals surface area contributed by atoms with Crippen LogP contribution >= 0.6 is 31.9 Å². The first-order valence-electron chi connectivity index (χ1n) is 5.71. The maximum atomic E-state index is 5.16. The summed E-state index contributed by atoms with van der Waals surface area (Å²) in [6.07, 6.45) is 0.964. The van der Waals surface area contributed by atoms with Crippen LogP contribution in [0.2, 0.25) is 0 Å². The minimum atomic E-state index is 0.332. The van der Waals surface area contributed by atoms with E-state index in [-0.39, 0.29) is 0 Å². The summed E-state index contributed by atoms with van der Waals surface area (Å²) in [4.78, 5) is 0.332. The first-order valence-corrected chi connectivity index (χ1v) is 7.42. The van der Waals surface area contributed by atoms with Crippen LogP contribution in [0.15, 0.2) is 53.0 Å². The van der Waals surface area contributed by atoms with Gasteiger partial charge in [-0.3, -0.25) is 0 Å². The fourth-order valence-electron chi connectivity index (χ4n) is 1.76. The average molecular weight is 370 g/mol. The highest BCUT2D eigenvalue weighted by Gasteiger charge is 2.08. The van der Waals surface area contributed by atoms with E-state index < -0.39 is 0 Å². The number of alkyl halides is 1. The average Bonchev–Trinajstić information content (AvgIpc) is 2.40. The smallest absolute Gasteiger partial charge is 0.118 e. The zero-order valence-electron chi connectivity index (χ0n) is 10.1. The first-order chi connectivity index (χ1) is 8.69. The summed E-state index contributed by atoms with van der Waals surface area (Å²) in [5.41, 5.74) is 2.58. The van der Waals surface area contributed by atoms with Crippen molar-refractivity contribution in [2.75, 3.05) is 7.11 Å². The molecule has 0 N–H and O–H groups in total. The number of benzene rings is 2. The molecule has 18 heavy (non-hydrogen) atoms. The summed E-state index contributed by atoms with van der Waals surface area (Å²) >= 11 is 7.18. The summed E-state index contributed by atoms with van der Waals surface area (Å²) in [6.45, 7) is 0. The lowest BCUT2D eigenvalue weighted by molar-refractivity contribution is 0.414. The molecule has 2 aromatic carbocycles. The van der Waals surface area contributed by atoms with Gasteiger partial charge in [0.1, 0.15) is 5.75 Å². The van der Waals surface area contributed by atoms with E-state index in [4.69, 9.17) is 4.74 Å². The van der Waals surface area contributed by atoms with Crippen molar-refractivity contribution in [3.8, 4) is 5.75 Å². The van der Waals surface area contributed by atoms with Crippen molar-refractivity contribution in [2.45, 2.75) is 11.2 Å². The molecule has 3 heteroatoms. The van der Waals surface area contributed by atoms with E-state index in [9.17, 15) is 0 Å². The lowest BCUT2D eigenvalue weighted by atomic mass is 10.0. The quantitative estimate of drug-likeness (QED) is 0.678. The molecule has 1 unspecified atom stereocenters. The second kappa shape index (κ2) is 6.39. The van der Waals surface area contributed by atoms with E-state index in [0.29, 0.717) is 4.83 Å². The summed E-state index contributed by atoms with van der Waals surface area (Å²) < 4.78 is 6.26. The molecule has 0 bridgehead atoms. The molecule has 0 fully saturated rings. The van der Waals surface area contributed by atoms with Gasteiger partial charge in [0, 0.05) is 9.30 Å². The predicted molar refractivity (Wildman–Crippen MR) is 82.5 cm³/mol. The van der Waals surface area contributed by atoms with Crippen molar-refractivity contribution >= 4 is 31.9 Å². The molecule has 0 saturated carbocycles. The number of hydrogen-bond donors (Lipinski definition) is 0. The minimum absolute atomic E-state index is 0.332. The highest BCUT2D eigenvalue weighted by Crippen LogP contribution is 2.28. The zero-order valence-corrected chi connectivity index (χ0v) is 13.2. The molecule has 0 aliphatic rings. The van der Waals surface area contributed by atoms with E-state index in [1.165, 1.54) is 11.1 Å². The zero-order chi connectivity index (χ0) is 13.0. The van der Waals surface area contributed by atoms with Crippen molar-refractivity contribution in [3.05, 3.63) is 64.1 Å². The molecular formula is C15H14Br2O. The molecule has 0 amide bonds. The Bertz CT molecular complexity index is 491. The normalized spacial score (nSPS) is 12.2. The molecular weight excluding hydrogens is 356 g/mol. The van der Waals surface area contributed by atoms with Crippen molar-refractivity contribution in [2.24, 2.45) is 0 Å². The lowest BCUT2D eigenvalue weighted by Gasteiger charge is -2.11. The Morgan fingerprint density at radius 3 is 2.17 bits per heavy atom. The van der Waals surface area contributed by atoms with Gasteiger partial charge in [0.15, 0.2) is 0 Å². The van der Waals surface area contributed by atoms with E-state index in [1.807, 2.05) is 12.1 Å². The maximum Gasteiger partial charge on any atom is 0.118 e. The Morgan fingerprint density at radius 1 is 1.00 bits per heavy atom. The fraction of sp³-hybridized carbons (Fsp3) is 0.200. The van der Waals surface area contributed by atoms with Gasteiger partial charge in [-0.2, -0.15) is 0 Å².